The smallest absolute Gasteiger partial charge is 0.152 e. The Kier molecular flexibility index (Phi) is 4.88. The average Bonchev–Trinajstić information content (AvgIpc) is 2.92. The molecule has 0 amide bonds. The summed E-state index contributed by atoms with van der Waals surface area (Å²) >= 11 is 0. The highest BCUT2D eigenvalue weighted by Crippen LogP contribution is 2.42. The molecule has 0 radical (unpaired) electrons. The van der Waals surface area contributed by atoms with Crippen molar-refractivity contribution >= 4 is 48.8 Å². The van der Waals surface area contributed by atoms with Gasteiger partial charge in [-0.2, -0.15) is 10.5 Å². The third-order valence-electron chi connectivity index (χ3n) is 6.43. The predicted molar refractivity (Wildman–Crippen MR) is 141 cm³/mol. The van der Waals surface area contributed by atoms with E-state index in [4.69, 9.17) is 0 Å². The van der Waals surface area contributed by atoms with Gasteiger partial charge in [0.15, 0.2) is 5.70 Å². The Labute approximate surface area is 201 Å². The molecule has 6 aromatic rings. The quantitative estimate of drug-likeness (QED) is 0.176. The molecule has 0 aliphatic heterocycles. The molecular formula is C30H19N5. The summed E-state index contributed by atoms with van der Waals surface area (Å²) in [5.74, 6) is 0. The average molecular weight is 450 g/mol. The van der Waals surface area contributed by atoms with Gasteiger partial charge in [0.25, 0.3) is 0 Å². The normalized spacial score (nSPS) is 11.9. The lowest BCUT2D eigenvalue weighted by molar-refractivity contribution is 0.803. The van der Waals surface area contributed by atoms with Gasteiger partial charge in [-0.15, -0.1) is 0 Å². The Morgan fingerprint density at radius 3 is 2.00 bits per heavy atom. The van der Waals surface area contributed by atoms with E-state index in [9.17, 15) is 10.5 Å². The molecule has 35 heavy (non-hydrogen) atoms. The van der Waals surface area contributed by atoms with E-state index in [1.165, 1.54) is 32.3 Å². The zero-order valence-corrected chi connectivity index (χ0v) is 18.7. The highest BCUT2D eigenvalue weighted by atomic mass is 15.0. The maximum Gasteiger partial charge on any atom is 0.152 e. The van der Waals surface area contributed by atoms with Crippen molar-refractivity contribution in [3.63, 3.8) is 0 Å². The largest absolute Gasteiger partial charge is 0.369 e. The molecule has 6 rings (SSSR count). The van der Waals surface area contributed by atoms with Crippen LogP contribution in [0.2, 0.25) is 0 Å². The van der Waals surface area contributed by atoms with Gasteiger partial charge in [-0.05, 0) is 55.9 Å². The molecule has 0 saturated heterocycles. The second kappa shape index (κ2) is 8.33. The SMILES string of the molecule is N#C/C(NCc1ccccn1)=C(\C#N)Nc1ccc2c3cccc4cccc(c5cccc1c52)c43. The molecule has 0 unspecified atom stereocenters. The minimum absolute atomic E-state index is 0.169. The molecule has 0 saturated carbocycles. The molecule has 2 N–H and O–H groups in total. The number of fused-ring (bicyclic) bond motifs is 2. The van der Waals surface area contributed by atoms with E-state index in [1.54, 1.807) is 6.20 Å². The first kappa shape index (κ1) is 20.5. The summed E-state index contributed by atoms with van der Waals surface area (Å²) in [4.78, 5) is 4.27. The van der Waals surface area contributed by atoms with Crippen molar-refractivity contribution in [1.82, 2.24) is 10.3 Å². The van der Waals surface area contributed by atoms with Crippen LogP contribution in [0.5, 0.6) is 0 Å². The zero-order valence-electron chi connectivity index (χ0n) is 18.7. The van der Waals surface area contributed by atoms with Crippen LogP contribution < -0.4 is 10.6 Å². The molecule has 1 heterocycles. The number of rotatable bonds is 5. The Hall–Kier alpha value is -5.13. The number of aromatic nitrogens is 1. The Morgan fingerprint density at radius 2 is 1.31 bits per heavy atom. The third-order valence-corrected chi connectivity index (χ3v) is 6.43. The standard InChI is InChI=1S/C30H19N5/c31-16-27(34-18-20-8-1-2-15-33-20)28(17-32)35-26-14-13-24-22-10-4-7-19-6-3-9-21(29(19)22)23-11-5-12-25(26)30(23)24/h1-15,34-35H,18H2/b28-27-. The molecule has 5 nitrogen and oxygen atoms in total. The number of pyridine rings is 1. The summed E-state index contributed by atoms with van der Waals surface area (Å²) in [6.45, 7) is 0.348. The lowest BCUT2D eigenvalue weighted by Crippen LogP contribution is -2.17. The van der Waals surface area contributed by atoms with Crippen LogP contribution in [0.3, 0.4) is 0 Å². The summed E-state index contributed by atoms with van der Waals surface area (Å²) in [6.07, 6.45) is 1.70. The van der Waals surface area contributed by atoms with E-state index in [2.05, 4.69) is 82.4 Å². The van der Waals surface area contributed by atoms with E-state index in [1.807, 2.05) is 30.3 Å². The van der Waals surface area contributed by atoms with Gasteiger partial charge in [0.2, 0.25) is 0 Å². The number of nitriles is 2. The molecule has 5 aromatic carbocycles. The zero-order chi connectivity index (χ0) is 23.8. The van der Waals surface area contributed by atoms with Gasteiger partial charge in [-0.25, -0.2) is 0 Å². The Balaban J connectivity index is 1.50. The van der Waals surface area contributed by atoms with E-state index >= 15 is 0 Å². The predicted octanol–water partition coefficient (Wildman–Crippen LogP) is 6.59. The van der Waals surface area contributed by atoms with Crippen molar-refractivity contribution in [2.75, 3.05) is 5.32 Å². The highest BCUT2D eigenvalue weighted by Gasteiger charge is 2.15. The van der Waals surface area contributed by atoms with Crippen LogP contribution in [-0.2, 0) is 6.54 Å². The van der Waals surface area contributed by atoms with Gasteiger partial charge >= 0.3 is 0 Å². The first-order valence-corrected chi connectivity index (χ1v) is 11.3. The second-order valence-electron chi connectivity index (χ2n) is 8.37. The lowest BCUT2D eigenvalue weighted by Gasteiger charge is -2.17. The van der Waals surface area contributed by atoms with Crippen LogP contribution in [0.15, 0.2) is 103 Å². The number of hydrogen-bond acceptors (Lipinski definition) is 5. The Morgan fingerprint density at radius 1 is 0.657 bits per heavy atom. The molecule has 0 atom stereocenters. The highest BCUT2D eigenvalue weighted by molar-refractivity contribution is 6.34. The van der Waals surface area contributed by atoms with E-state index in [0.717, 1.165) is 22.2 Å². The molecule has 0 fully saturated rings. The summed E-state index contributed by atoms with van der Waals surface area (Å²) in [5, 5.41) is 35.3. The number of anilines is 1. The minimum Gasteiger partial charge on any atom is -0.369 e. The molecule has 0 aliphatic carbocycles. The van der Waals surface area contributed by atoms with Gasteiger partial charge in [0, 0.05) is 17.3 Å². The molecule has 1 aromatic heterocycles. The van der Waals surface area contributed by atoms with E-state index in [-0.39, 0.29) is 11.4 Å². The fraction of sp³-hybridized carbons (Fsp3) is 0.0333. The maximum absolute atomic E-state index is 9.88. The lowest BCUT2D eigenvalue weighted by atomic mass is 9.89. The summed E-state index contributed by atoms with van der Waals surface area (Å²) in [7, 11) is 0. The van der Waals surface area contributed by atoms with Crippen molar-refractivity contribution in [1.29, 1.82) is 10.5 Å². The maximum atomic E-state index is 9.88. The topological polar surface area (TPSA) is 84.5 Å². The molecule has 0 bridgehead atoms. The third kappa shape index (κ3) is 3.35. The summed E-state index contributed by atoms with van der Waals surface area (Å²) in [5.41, 5.74) is 1.91. The monoisotopic (exact) mass is 449 g/mol. The van der Waals surface area contributed by atoms with Crippen molar-refractivity contribution in [2.24, 2.45) is 0 Å². The van der Waals surface area contributed by atoms with Gasteiger partial charge in [-0.1, -0.05) is 66.7 Å². The van der Waals surface area contributed by atoms with Crippen molar-refractivity contribution in [3.05, 3.63) is 108 Å². The van der Waals surface area contributed by atoms with Gasteiger partial charge in [-0.3, -0.25) is 4.98 Å². The Bertz CT molecular complexity index is 1790. The molecule has 5 heteroatoms. The molecular weight excluding hydrogens is 430 g/mol. The summed E-state index contributed by atoms with van der Waals surface area (Å²) < 4.78 is 0. The van der Waals surface area contributed by atoms with Crippen LogP contribution in [0.1, 0.15) is 5.69 Å². The van der Waals surface area contributed by atoms with Crippen molar-refractivity contribution in [3.8, 4) is 12.1 Å². The number of nitrogens with one attached hydrogen (secondary N) is 2. The van der Waals surface area contributed by atoms with Crippen LogP contribution in [0.4, 0.5) is 5.69 Å². The van der Waals surface area contributed by atoms with Crippen molar-refractivity contribution in [2.45, 2.75) is 6.54 Å². The van der Waals surface area contributed by atoms with Gasteiger partial charge in [0.05, 0.1) is 12.2 Å². The molecule has 0 spiro atoms. The fourth-order valence-electron chi connectivity index (χ4n) is 4.90. The first-order chi connectivity index (χ1) is 17.3. The van der Waals surface area contributed by atoms with Crippen LogP contribution in [0.25, 0.3) is 43.1 Å². The number of benzene rings is 5. The van der Waals surface area contributed by atoms with Crippen LogP contribution in [-0.4, -0.2) is 4.98 Å². The number of allylic oxidation sites excluding steroid dienone is 2. The first-order valence-electron chi connectivity index (χ1n) is 11.3. The summed E-state index contributed by atoms with van der Waals surface area (Å²) in [6, 6.07) is 33.0. The van der Waals surface area contributed by atoms with Gasteiger partial charge in [0.1, 0.15) is 17.8 Å². The fourth-order valence-corrected chi connectivity index (χ4v) is 4.90. The number of nitrogens with zero attached hydrogens (tertiary/aromatic N) is 3. The van der Waals surface area contributed by atoms with Crippen LogP contribution >= 0.6 is 0 Å². The number of hydrogen-bond donors (Lipinski definition) is 2. The molecule has 0 aliphatic rings. The minimum atomic E-state index is 0.169. The molecule has 164 valence electrons. The van der Waals surface area contributed by atoms with E-state index in [0.29, 0.717) is 6.54 Å². The van der Waals surface area contributed by atoms with E-state index < -0.39 is 0 Å². The van der Waals surface area contributed by atoms with Crippen molar-refractivity contribution < 1.29 is 0 Å². The second-order valence-corrected chi connectivity index (χ2v) is 8.37. The van der Waals surface area contributed by atoms with Crippen LogP contribution in [0, 0.1) is 22.7 Å². The van der Waals surface area contributed by atoms with Gasteiger partial charge < -0.3 is 10.6 Å².